The number of carbonyl (C=O) groups excluding carboxylic acids is 5. The summed E-state index contributed by atoms with van der Waals surface area (Å²) in [5, 5.41) is 20.0. The van der Waals surface area contributed by atoms with Crippen LogP contribution in [0.2, 0.25) is 0 Å². The Labute approximate surface area is 392 Å². The fourth-order valence-electron chi connectivity index (χ4n) is 11.2. The van der Waals surface area contributed by atoms with Crippen LogP contribution in [-0.2, 0) is 48.1 Å². The average molecular weight is 915 g/mol. The normalized spacial score (nSPS) is 24.7. The summed E-state index contributed by atoms with van der Waals surface area (Å²) in [6, 6.07) is 12.7. The predicted octanol–water partition coefficient (Wildman–Crippen LogP) is 5.32. The molecule has 15 heteroatoms. The molecular weight excluding hydrogens is 849 g/mol. The number of rotatable bonds is 8. The Hall–Kier alpha value is -5.80. The number of aromatic nitrogens is 2. The monoisotopic (exact) mass is 915 g/mol. The number of nitrogens with one attached hydrogen (secondary N) is 3. The van der Waals surface area contributed by atoms with Crippen LogP contribution in [0.25, 0.3) is 33.3 Å². The molecule has 2 aromatic carbocycles. The molecule has 1 spiro atoms. The van der Waals surface area contributed by atoms with Crippen molar-refractivity contribution in [3.05, 3.63) is 71.5 Å². The number of esters is 1. The van der Waals surface area contributed by atoms with E-state index >= 15 is 0 Å². The molecule has 6 bridgehead atoms. The highest BCUT2D eigenvalue weighted by Gasteiger charge is 2.55. The second kappa shape index (κ2) is 18.0. The maximum Gasteiger partial charge on any atom is 0.324 e. The molecule has 4 saturated heterocycles. The Bertz CT molecular complexity index is 2620. The van der Waals surface area contributed by atoms with Gasteiger partial charge in [0.1, 0.15) is 23.9 Å². The van der Waals surface area contributed by atoms with E-state index < -0.39 is 46.7 Å². The van der Waals surface area contributed by atoms with Gasteiger partial charge in [-0.15, -0.1) is 0 Å². The van der Waals surface area contributed by atoms with Crippen LogP contribution in [-0.4, -0.2) is 123 Å². The molecule has 15 nitrogen and oxygen atoms in total. The maximum atomic E-state index is 14.8. The number of hydrazine groups is 1. The number of likely N-dealkylation sites (tertiary alicyclic amines) is 2. The van der Waals surface area contributed by atoms with E-state index in [9.17, 15) is 29.1 Å². The van der Waals surface area contributed by atoms with E-state index in [0.717, 1.165) is 44.5 Å². The number of pyridine rings is 1. The number of phenols is 1. The first-order valence-corrected chi connectivity index (χ1v) is 24.3. The number of cyclic esters (lactones) is 1. The summed E-state index contributed by atoms with van der Waals surface area (Å²) in [4.78, 5) is 79.1. The molecule has 0 unspecified atom stereocenters. The molecule has 67 heavy (non-hydrogen) atoms. The highest BCUT2D eigenvalue weighted by Crippen LogP contribution is 2.44. The lowest BCUT2D eigenvalue weighted by atomic mass is 9.83. The van der Waals surface area contributed by atoms with Crippen molar-refractivity contribution in [2.75, 3.05) is 39.3 Å². The molecule has 9 rings (SSSR count). The van der Waals surface area contributed by atoms with Crippen LogP contribution < -0.4 is 16.1 Å². The van der Waals surface area contributed by atoms with Crippen molar-refractivity contribution < 1.29 is 33.8 Å². The summed E-state index contributed by atoms with van der Waals surface area (Å²) in [7, 11) is 0. The predicted molar refractivity (Wildman–Crippen MR) is 254 cm³/mol. The lowest BCUT2D eigenvalue weighted by Crippen LogP contribution is -2.62. The van der Waals surface area contributed by atoms with Crippen LogP contribution in [0.4, 0.5) is 0 Å². The lowest BCUT2D eigenvalue weighted by Gasteiger charge is -2.37. The minimum absolute atomic E-state index is 0.0121. The lowest BCUT2D eigenvalue weighted by molar-refractivity contribution is -0.155. The van der Waals surface area contributed by atoms with E-state index in [2.05, 4.69) is 79.5 Å². The van der Waals surface area contributed by atoms with E-state index in [0.29, 0.717) is 76.9 Å². The van der Waals surface area contributed by atoms with Crippen molar-refractivity contribution in [2.24, 2.45) is 16.7 Å². The van der Waals surface area contributed by atoms with Gasteiger partial charge < -0.3 is 34.8 Å². The Kier molecular flexibility index (Phi) is 12.5. The molecule has 7 heterocycles. The summed E-state index contributed by atoms with van der Waals surface area (Å²) >= 11 is 0. The molecule has 5 atom stereocenters. The highest BCUT2D eigenvalue weighted by molar-refractivity contribution is 5.97. The molecule has 4 N–H and O–H groups in total. The van der Waals surface area contributed by atoms with Crippen molar-refractivity contribution in [3.63, 3.8) is 0 Å². The number of carbonyl (C=O) groups is 5. The third kappa shape index (κ3) is 8.92. The molecule has 0 saturated carbocycles. The van der Waals surface area contributed by atoms with Gasteiger partial charge in [-0.2, -0.15) is 0 Å². The third-order valence-corrected chi connectivity index (χ3v) is 14.6. The largest absolute Gasteiger partial charge is 0.508 e. The highest BCUT2D eigenvalue weighted by atomic mass is 16.5. The zero-order valence-electron chi connectivity index (χ0n) is 40.0. The number of phenolic OH excluding ortho intramolecular Hbond substituents is 1. The molecule has 4 fully saturated rings. The second-order valence-electron chi connectivity index (χ2n) is 21.0. The zero-order chi connectivity index (χ0) is 47.5. The number of nitrogens with zero attached hydrogens (tertiary/aromatic N) is 5. The van der Waals surface area contributed by atoms with Gasteiger partial charge in [-0.1, -0.05) is 53.7 Å². The minimum Gasteiger partial charge on any atom is -0.508 e. The molecular formula is C52H66N8O7. The molecule has 4 amide bonds. The van der Waals surface area contributed by atoms with Crippen molar-refractivity contribution >= 4 is 40.5 Å². The van der Waals surface area contributed by atoms with Crippen molar-refractivity contribution in [1.82, 2.24) is 40.4 Å². The van der Waals surface area contributed by atoms with Gasteiger partial charge in [-0.25, -0.2) is 5.43 Å². The second-order valence-corrected chi connectivity index (χ2v) is 21.0. The first kappa shape index (κ1) is 46.3. The Morgan fingerprint density at radius 2 is 1.78 bits per heavy atom. The number of hydrogen-bond donors (Lipinski definition) is 4. The van der Waals surface area contributed by atoms with Crippen molar-refractivity contribution in [1.29, 1.82) is 0 Å². The van der Waals surface area contributed by atoms with E-state index in [1.54, 1.807) is 21.9 Å². The third-order valence-electron chi connectivity index (χ3n) is 14.6. The van der Waals surface area contributed by atoms with E-state index in [4.69, 9.17) is 9.72 Å². The Morgan fingerprint density at radius 1 is 1.00 bits per heavy atom. The van der Waals surface area contributed by atoms with Gasteiger partial charge in [-0.05, 0) is 110 Å². The smallest absolute Gasteiger partial charge is 0.324 e. The first-order chi connectivity index (χ1) is 32.0. The van der Waals surface area contributed by atoms with Gasteiger partial charge in [0.05, 0.1) is 29.5 Å². The molecule has 5 aliphatic rings. The molecule has 2 aromatic heterocycles. The topological polar surface area (TPSA) is 188 Å². The quantitative estimate of drug-likeness (QED) is 0.133. The van der Waals surface area contributed by atoms with Crippen LogP contribution in [0.5, 0.6) is 5.75 Å². The van der Waals surface area contributed by atoms with Gasteiger partial charge in [0.15, 0.2) is 0 Å². The Balaban J connectivity index is 1.09. The van der Waals surface area contributed by atoms with Crippen LogP contribution in [0.3, 0.4) is 0 Å². The zero-order valence-corrected chi connectivity index (χ0v) is 40.0. The number of aromatic hydroxyl groups is 1. The SMILES string of the molecule is CCn1c(-c2cccnc2C(C)C)c2c3cc(ccc31)-c1cc(O)cc(c1)C[C@H](NC(=O)[C@H](C(C)C)N1CC[C@]3(CCN(C(=O)[C@H]4CN4)C3)C1=O)C(=O)N1CCC[C@H](N1)C(=O)OCC(C)(C)C2. The van der Waals surface area contributed by atoms with Crippen molar-refractivity contribution in [2.45, 2.75) is 124 Å². The molecule has 5 aliphatic heterocycles. The summed E-state index contributed by atoms with van der Waals surface area (Å²) < 4.78 is 8.47. The molecule has 4 aromatic rings. The minimum atomic E-state index is -1.13. The maximum absolute atomic E-state index is 14.8. The number of fused-ring (bicyclic) bond motifs is 6. The van der Waals surface area contributed by atoms with E-state index in [1.165, 1.54) is 5.01 Å². The van der Waals surface area contributed by atoms with Gasteiger partial charge in [0.25, 0.3) is 5.91 Å². The summed E-state index contributed by atoms with van der Waals surface area (Å²) in [6.45, 7) is 17.4. The summed E-state index contributed by atoms with van der Waals surface area (Å²) in [5.41, 5.74) is 9.42. The van der Waals surface area contributed by atoms with Gasteiger partial charge in [0.2, 0.25) is 17.7 Å². The molecule has 356 valence electrons. The standard InChI is InChI=1S/C52H66N8O7/c1-8-58-42-14-13-33-25-37(42)38(45(58)36-11-9-17-53-43(36)30(2)3)26-51(6,7)29-67-49(65)39-12-10-18-60(56-39)48(64)40(23-32-21-34(33)24-35(61)22-32)55-46(62)44(31(4)5)59-20-16-52(50(59)66)15-19-57(28-52)47(63)41-27-54-41/h9,11,13-14,17,21-22,24-25,30-31,39-41,44,54,56,61H,8,10,12,15-16,18-20,23,26-29H2,1-7H3,(H,55,62)/t39-,40-,41+,44-,52-/m0/s1. The van der Waals surface area contributed by atoms with Gasteiger partial charge in [0, 0.05) is 73.8 Å². The fourth-order valence-corrected chi connectivity index (χ4v) is 11.2. The number of amides is 4. The Morgan fingerprint density at radius 3 is 2.51 bits per heavy atom. The van der Waals surface area contributed by atoms with Gasteiger partial charge in [-0.3, -0.25) is 34.0 Å². The molecule has 0 aliphatic carbocycles. The average Bonchev–Trinajstić information content (AvgIpc) is 3.90. The number of benzene rings is 2. The number of hydrogen-bond acceptors (Lipinski definition) is 10. The van der Waals surface area contributed by atoms with E-state index in [1.807, 2.05) is 32.2 Å². The van der Waals surface area contributed by atoms with Crippen LogP contribution in [0.15, 0.2) is 54.7 Å². The summed E-state index contributed by atoms with van der Waals surface area (Å²) in [6.07, 6.45) is 4.50. The van der Waals surface area contributed by atoms with Gasteiger partial charge >= 0.3 is 5.97 Å². The van der Waals surface area contributed by atoms with E-state index in [-0.39, 0.29) is 48.5 Å². The van der Waals surface area contributed by atoms with Crippen LogP contribution in [0, 0.1) is 16.7 Å². The first-order valence-electron chi connectivity index (χ1n) is 24.3. The number of aryl methyl sites for hydroxylation is 1. The van der Waals surface area contributed by atoms with Crippen LogP contribution in [0.1, 0.15) is 96.9 Å². The molecule has 0 radical (unpaired) electrons. The summed E-state index contributed by atoms with van der Waals surface area (Å²) in [5.74, 6) is -1.61. The van der Waals surface area contributed by atoms with Crippen molar-refractivity contribution in [3.8, 4) is 28.1 Å². The van der Waals surface area contributed by atoms with Crippen LogP contribution >= 0.6 is 0 Å². The number of ether oxygens (including phenoxy) is 1. The fraction of sp³-hybridized carbons (Fsp3) is 0.538.